The topological polar surface area (TPSA) is 106 Å². The van der Waals surface area contributed by atoms with E-state index >= 15 is 0 Å². The molecule has 0 unspecified atom stereocenters. The zero-order valence-corrected chi connectivity index (χ0v) is 23.6. The maximum absolute atomic E-state index is 12.9. The fourth-order valence-corrected chi connectivity index (χ4v) is 6.67. The van der Waals surface area contributed by atoms with Crippen LogP contribution in [0, 0.1) is 17.8 Å². The van der Waals surface area contributed by atoms with Crippen molar-refractivity contribution >= 4 is 21.7 Å². The highest BCUT2D eigenvalue weighted by atomic mass is 32.2. The Morgan fingerprint density at radius 3 is 2.42 bits per heavy atom. The predicted molar refractivity (Wildman–Crippen MR) is 145 cm³/mol. The van der Waals surface area contributed by atoms with Crippen molar-refractivity contribution in [2.45, 2.75) is 70.5 Å². The minimum absolute atomic E-state index is 0.0259. The molecule has 1 fully saturated rings. The number of rotatable bonds is 9. The Morgan fingerprint density at radius 2 is 1.82 bits per heavy atom. The number of carbonyl (C=O) groups excluding carboxylic acids is 2. The van der Waals surface area contributed by atoms with Gasteiger partial charge in [0.1, 0.15) is 0 Å². The zero-order valence-electron chi connectivity index (χ0n) is 22.8. The second kappa shape index (κ2) is 11.9. The van der Waals surface area contributed by atoms with Crippen LogP contribution >= 0.6 is 0 Å². The molecule has 1 amide bonds. The molecule has 2 aliphatic rings. The number of methoxy groups -OCH3 is 1. The maximum Gasteiger partial charge on any atom is 0.308 e. The molecule has 9 heteroatoms. The first-order valence-corrected chi connectivity index (χ1v) is 15.2. The van der Waals surface area contributed by atoms with Crippen LogP contribution in [-0.4, -0.2) is 49.6 Å². The van der Waals surface area contributed by atoms with E-state index < -0.39 is 9.84 Å². The molecule has 38 heavy (non-hydrogen) atoms. The summed E-state index contributed by atoms with van der Waals surface area (Å²) in [5.41, 5.74) is 3.49. The lowest BCUT2D eigenvalue weighted by molar-refractivity contribution is -0.146. The Morgan fingerprint density at radius 1 is 1.13 bits per heavy atom. The number of nitrogens with zero attached hydrogens (tertiary/aromatic N) is 2. The van der Waals surface area contributed by atoms with E-state index in [2.05, 4.69) is 24.1 Å². The van der Waals surface area contributed by atoms with E-state index in [1.54, 1.807) is 37.4 Å². The smallest absolute Gasteiger partial charge is 0.308 e. The number of aromatic nitrogens is 1. The van der Waals surface area contributed by atoms with E-state index in [4.69, 9.17) is 9.72 Å². The van der Waals surface area contributed by atoms with Crippen LogP contribution in [0.4, 0.5) is 0 Å². The van der Waals surface area contributed by atoms with Gasteiger partial charge in [-0.05, 0) is 66.8 Å². The highest BCUT2D eigenvalue weighted by Gasteiger charge is 2.36. The van der Waals surface area contributed by atoms with Gasteiger partial charge in [0.25, 0.3) is 5.91 Å². The number of benzene rings is 1. The second-order valence-corrected chi connectivity index (χ2v) is 13.1. The van der Waals surface area contributed by atoms with E-state index in [1.165, 1.54) is 7.11 Å². The number of nitrogens with one attached hydrogen (secondary N) is 1. The van der Waals surface area contributed by atoms with Crippen LogP contribution in [0.1, 0.15) is 79.7 Å². The van der Waals surface area contributed by atoms with Crippen molar-refractivity contribution in [3.8, 4) is 0 Å². The van der Waals surface area contributed by atoms with Crippen molar-refractivity contribution in [1.29, 1.82) is 0 Å². The van der Waals surface area contributed by atoms with Crippen molar-refractivity contribution < 1.29 is 22.7 Å². The predicted octanol–water partition coefficient (Wildman–Crippen LogP) is 4.30. The molecule has 1 aromatic heterocycles. The molecule has 0 spiro atoms. The van der Waals surface area contributed by atoms with Crippen LogP contribution < -0.4 is 5.32 Å². The van der Waals surface area contributed by atoms with Gasteiger partial charge >= 0.3 is 5.97 Å². The average Bonchev–Trinajstić information content (AvgIpc) is 3.29. The molecule has 1 N–H and O–H groups in total. The van der Waals surface area contributed by atoms with Crippen molar-refractivity contribution in [3.63, 3.8) is 0 Å². The Balaban J connectivity index is 1.38. The SMILES string of the molecule is CCS(=O)(=O)c1ccc(CNC(=O)c2cnc3c(c2)CN(CC2CCC(C(=O)OC)CC2)[C@H]3C(C)C)cc1. The fourth-order valence-electron chi connectivity index (χ4n) is 5.79. The number of sulfone groups is 1. The molecule has 2 aromatic rings. The number of esters is 1. The molecule has 1 aliphatic carbocycles. The Bertz CT molecular complexity index is 1250. The number of fused-ring (bicyclic) bond motifs is 1. The number of amides is 1. The molecule has 1 aromatic carbocycles. The molecule has 1 atom stereocenters. The van der Waals surface area contributed by atoms with Gasteiger partial charge in [-0.25, -0.2) is 8.42 Å². The molecule has 0 bridgehead atoms. The van der Waals surface area contributed by atoms with Crippen molar-refractivity contribution in [1.82, 2.24) is 15.2 Å². The summed E-state index contributed by atoms with van der Waals surface area (Å²) in [4.78, 5) is 32.3. The quantitative estimate of drug-likeness (QED) is 0.472. The molecular weight excluding hydrogens is 502 g/mol. The lowest BCUT2D eigenvalue weighted by atomic mass is 9.81. The highest BCUT2D eigenvalue weighted by molar-refractivity contribution is 7.91. The Hall–Kier alpha value is -2.78. The molecule has 2 heterocycles. The summed E-state index contributed by atoms with van der Waals surface area (Å²) in [6.07, 6.45) is 5.45. The maximum atomic E-state index is 12.9. The summed E-state index contributed by atoms with van der Waals surface area (Å²) in [6, 6.07) is 8.79. The van der Waals surface area contributed by atoms with Gasteiger partial charge in [0.15, 0.2) is 9.84 Å². The number of hydrogen-bond donors (Lipinski definition) is 1. The van der Waals surface area contributed by atoms with Crippen LogP contribution in [-0.2, 0) is 32.5 Å². The second-order valence-electron chi connectivity index (χ2n) is 10.9. The molecule has 0 radical (unpaired) electrons. The Labute approximate surface area is 226 Å². The van der Waals surface area contributed by atoms with E-state index in [-0.39, 0.29) is 29.6 Å². The third-order valence-corrected chi connectivity index (χ3v) is 9.68. The first-order chi connectivity index (χ1) is 18.1. The first kappa shape index (κ1) is 28.2. The van der Waals surface area contributed by atoms with Gasteiger partial charge in [-0.15, -0.1) is 0 Å². The highest BCUT2D eigenvalue weighted by Crippen LogP contribution is 2.40. The van der Waals surface area contributed by atoms with Gasteiger partial charge in [-0.1, -0.05) is 32.9 Å². The summed E-state index contributed by atoms with van der Waals surface area (Å²) in [5.74, 6) is 0.708. The van der Waals surface area contributed by atoms with Gasteiger partial charge in [-0.3, -0.25) is 19.5 Å². The molecular formula is C29H39N3O5S. The number of hydrogen-bond acceptors (Lipinski definition) is 7. The lowest BCUT2D eigenvalue weighted by Crippen LogP contribution is -2.33. The minimum Gasteiger partial charge on any atom is -0.469 e. The monoisotopic (exact) mass is 541 g/mol. The molecule has 1 saturated carbocycles. The summed E-state index contributed by atoms with van der Waals surface area (Å²) < 4.78 is 28.9. The van der Waals surface area contributed by atoms with Gasteiger partial charge in [0.2, 0.25) is 0 Å². The van der Waals surface area contributed by atoms with Gasteiger partial charge in [0, 0.05) is 25.8 Å². The van der Waals surface area contributed by atoms with Gasteiger partial charge < -0.3 is 10.1 Å². The minimum atomic E-state index is -3.25. The lowest BCUT2D eigenvalue weighted by Gasteiger charge is -2.34. The average molecular weight is 542 g/mol. The molecule has 206 valence electrons. The standard InChI is InChI=1S/C29H39N3O5S/c1-5-38(35,36)25-12-8-20(9-13-25)15-31-28(33)23-14-24-18-32(27(19(2)3)26(24)30-16-23)17-21-6-10-22(11-7-21)29(34)37-4/h8-9,12-14,16,19,21-22,27H,5-7,10-11,15,17-18H2,1-4H3,(H,31,33)/t21?,22?,27-/m0/s1. The van der Waals surface area contributed by atoms with Crippen molar-refractivity contribution in [3.05, 3.63) is 58.9 Å². The van der Waals surface area contributed by atoms with Crippen LogP contribution in [0.3, 0.4) is 0 Å². The number of carbonyl (C=O) groups is 2. The molecule has 8 nitrogen and oxygen atoms in total. The third kappa shape index (κ3) is 6.26. The Kier molecular flexibility index (Phi) is 8.88. The van der Waals surface area contributed by atoms with E-state index in [0.29, 0.717) is 28.8 Å². The van der Waals surface area contributed by atoms with E-state index in [1.807, 2.05) is 6.07 Å². The van der Waals surface area contributed by atoms with Gasteiger partial charge in [-0.2, -0.15) is 0 Å². The third-order valence-electron chi connectivity index (χ3n) is 7.93. The van der Waals surface area contributed by atoms with Crippen molar-refractivity contribution in [2.24, 2.45) is 17.8 Å². The molecule has 1 aliphatic heterocycles. The normalized spacial score (nSPS) is 21.8. The molecule has 0 saturated heterocycles. The van der Waals surface area contributed by atoms with Crippen LogP contribution in [0.25, 0.3) is 0 Å². The number of ether oxygens (including phenoxy) is 1. The zero-order chi connectivity index (χ0) is 27.4. The van der Waals surface area contributed by atoms with Gasteiger partial charge in [0.05, 0.1) is 41.0 Å². The largest absolute Gasteiger partial charge is 0.469 e. The summed E-state index contributed by atoms with van der Waals surface area (Å²) in [7, 11) is -1.78. The van der Waals surface area contributed by atoms with Crippen LogP contribution in [0.15, 0.2) is 41.4 Å². The van der Waals surface area contributed by atoms with Crippen LogP contribution in [0.5, 0.6) is 0 Å². The van der Waals surface area contributed by atoms with Crippen molar-refractivity contribution in [2.75, 3.05) is 19.4 Å². The van der Waals surface area contributed by atoms with E-state index in [9.17, 15) is 18.0 Å². The summed E-state index contributed by atoms with van der Waals surface area (Å²) >= 11 is 0. The molecule has 4 rings (SSSR count). The first-order valence-electron chi connectivity index (χ1n) is 13.5. The fraction of sp³-hybridized carbons (Fsp3) is 0.552. The summed E-state index contributed by atoms with van der Waals surface area (Å²) in [5, 5.41) is 2.93. The number of pyridine rings is 1. The van der Waals surface area contributed by atoms with E-state index in [0.717, 1.165) is 55.6 Å². The van der Waals surface area contributed by atoms with Crippen LogP contribution in [0.2, 0.25) is 0 Å². The summed E-state index contributed by atoms with van der Waals surface area (Å²) in [6.45, 7) is 8.06.